The minimum absolute atomic E-state index is 0.262. The van der Waals surface area contributed by atoms with Gasteiger partial charge in [-0.15, -0.1) is 0 Å². The van der Waals surface area contributed by atoms with Crippen LogP contribution in [-0.2, 0) is 23.6 Å². The molecule has 3 heterocycles. The van der Waals surface area contributed by atoms with Crippen LogP contribution in [0.5, 0.6) is 0 Å². The molecule has 1 unspecified atom stereocenters. The highest BCUT2D eigenvalue weighted by molar-refractivity contribution is 7.89. The highest BCUT2D eigenvalue weighted by Crippen LogP contribution is 2.25. The van der Waals surface area contributed by atoms with Crippen molar-refractivity contribution in [2.75, 3.05) is 30.3 Å². The maximum Gasteiger partial charge on any atom is 0.243 e. The lowest BCUT2D eigenvalue weighted by Gasteiger charge is -2.32. The molecule has 0 saturated carbocycles. The van der Waals surface area contributed by atoms with Gasteiger partial charge in [0, 0.05) is 56.1 Å². The number of benzene rings is 2. The van der Waals surface area contributed by atoms with Crippen LogP contribution in [0.15, 0.2) is 84.0 Å². The van der Waals surface area contributed by atoms with Crippen LogP contribution in [0.4, 0.5) is 27.5 Å². The Bertz CT molecular complexity index is 1490. The van der Waals surface area contributed by atoms with Crippen molar-refractivity contribution in [2.24, 2.45) is 13.0 Å². The number of sulfonamides is 1. The first-order valence-electron chi connectivity index (χ1n) is 12.9. The maximum absolute atomic E-state index is 13.4. The Balaban J connectivity index is 1.18. The molecule has 1 atom stereocenters. The smallest absolute Gasteiger partial charge is 0.243 e. The van der Waals surface area contributed by atoms with E-state index in [9.17, 15) is 12.8 Å². The number of aryl methyl sites for hydroxylation is 1. The molecule has 1 saturated heterocycles. The van der Waals surface area contributed by atoms with E-state index < -0.39 is 10.0 Å². The van der Waals surface area contributed by atoms with Gasteiger partial charge in [0.05, 0.1) is 4.90 Å². The molecule has 0 amide bonds. The van der Waals surface area contributed by atoms with E-state index in [4.69, 9.17) is 0 Å². The predicted molar refractivity (Wildman–Crippen MR) is 150 cm³/mol. The zero-order valence-electron chi connectivity index (χ0n) is 21.7. The van der Waals surface area contributed by atoms with E-state index in [2.05, 4.69) is 36.6 Å². The third-order valence-electron chi connectivity index (χ3n) is 6.79. The molecule has 2 aromatic heterocycles. The molecule has 1 aliphatic heterocycles. The third kappa shape index (κ3) is 6.80. The molecule has 9 nitrogen and oxygen atoms in total. The predicted octanol–water partition coefficient (Wildman–Crippen LogP) is 4.63. The average Bonchev–Trinajstić information content (AvgIpc) is 3.35. The summed E-state index contributed by atoms with van der Waals surface area (Å²) < 4.78 is 43.6. The first kappa shape index (κ1) is 26.8. The average molecular weight is 550 g/mol. The normalized spacial score (nSPS) is 16.2. The van der Waals surface area contributed by atoms with Crippen LogP contribution in [0.1, 0.15) is 18.5 Å². The number of hydrogen-bond acceptors (Lipinski definition) is 7. The van der Waals surface area contributed by atoms with Crippen molar-refractivity contribution in [1.29, 1.82) is 0 Å². The summed E-state index contributed by atoms with van der Waals surface area (Å²) in [7, 11) is -1.58. The van der Waals surface area contributed by atoms with Gasteiger partial charge in [-0.25, -0.2) is 17.8 Å². The van der Waals surface area contributed by atoms with Crippen LogP contribution in [0.2, 0.25) is 0 Å². The van der Waals surface area contributed by atoms with Crippen molar-refractivity contribution in [2.45, 2.75) is 24.3 Å². The molecule has 0 spiro atoms. The van der Waals surface area contributed by atoms with Crippen molar-refractivity contribution in [1.82, 2.24) is 24.2 Å². The topological polar surface area (TPSA) is 104 Å². The van der Waals surface area contributed by atoms with Crippen molar-refractivity contribution < 1.29 is 12.8 Å². The van der Waals surface area contributed by atoms with Crippen LogP contribution < -0.4 is 16.0 Å². The summed E-state index contributed by atoms with van der Waals surface area (Å²) >= 11 is 0. The highest BCUT2D eigenvalue weighted by Gasteiger charge is 2.30. The minimum atomic E-state index is -3.60. The van der Waals surface area contributed by atoms with E-state index in [1.54, 1.807) is 53.0 Å². The second kappa shape index (κ2) is 11.9. The Hall–Kier alpha value is -3.80. The van der Waals surface area contributed by atoms with Crippen molar-refractivity contribution in [3.8, 4) is 0 Å². The molecule has 0 bridgehead atoms. The molecule has 1 fully saturated rings. The number of hydrogen-bond donors (Lipinski definition) is 3. The fraction of sp³-hybridized carbons (Fsp3) is 0.286. The Kier molecular flexibility index (Phi) is 8.20. The minimum Gasteiger partial charge on any atom is -0.353 e. The Morgan fingerprint density at radius 2 is 1.74 bits per heavy atom. The maximum atomic E-state index is 13.4. The van der Waals surface area contributed by atoms with Crippen LogP contribution in [0.3, 0.4) is 0 Å². The van der Waals surface area contributed by atoms with E-state index in [-0.39, 0.29) is 16.6 Å². The van der Waals surface area contributed by atoms with Gasteiger partial charge in [-0.2, -0.15) is 9.29 Å². The largest absolute Gasteiger partial charge is 0.353 e. The van der Waals surface area contributed by atoms with E-state index in [0.29, 0.717) is 36.2 Å². The van der Waals surface area contributed by atoms with Gasteiger partial charge in [-0.1, -0.05) is 0 Å². The van der Waals surface area contributed by atoms with Crippen LogP contribution in [-0.4, -0.2) is 46.9 Å². The Morgan fingerprint density at radius 1 is 1.00 bits per heavy atom. The molecular formula is C28H32FN7O2S. The molecule has 0 aliphatic carbocycles. The van der Waals surface area contributed by atoms with Crippen molar-refractivity contribution >= 4 is 33.2 Å². The molecule has 3 N–H and O–H groups in total. The fourth-order valence-corrected chi connectivity index (χ4v) is 6.21. The van der Waals surface area contributed by atoms with E-state index in [0.717, 1.165) is 25.9 Å². The molecule has 1 aliphatic rings. The quantitative estimate of drug-likeness (QED) is 0.265. The van der Waals surface area contributed by atoms with Gasteiger partial charge in [-0.3, -0.25) is 0 Å². The van der Waals surface area contributed by atoms with E-state index in [1.807, 2.05) is 19.3 Å². The lowest BCUT2D eigenvalue weighted by Crippen LogP contribution is -2.42. The summed E-state index contributed by atoms with van der Waals surface area (Å²) in [6, 6.07) is 18.4. The second-order valence-electron chi connectivity index (χ2n) is 9.66. The third-order valence-corrected chi connectivity index (χ3v) is 8.67. The molecule has 11 heteroatoms. The zero-order valence-corrected chi connectivity index (χ0v) is 22.5. The van der Waals surface area contributed by atoms with Crippen molar-refractivity contribution in [3.05, 3.63) is 90.6 Å². The fourth-order valence-electron chi connectivity index (χ4n) is 4.65. The van der Waals surface area contributed by atoms with Crippen LogP contribution in [0.25, 0.3) is 0 Å². The number of nitrogens with zero attached hydrogens (tertiary/aromatic N) is 4. The number of nitrogens with one attached hydrogen (secondary N) is 3. The van der Waals surface area contributed by atoms with Gasteiger partial charge >= 0.3 is 0 Å². The van der Waals surface area contributed by atoms with Gasteiger partial charge in [-0.05, 0) is 92.0 Å². The van der Waals surface area contributed by atoms with Gasteiger partial charge in [0.15, 0.2) is 0 Å². The molecule has 4 aromatic rings. The molecule has 39 heavy (non-hydrogen) atoms. The first-order valence-corrected chi connectivity index (χ1v) is 14.3. The molecular weight excluding hydrogens is 517 g/mol. The summed E-state index contributed by atoms with van der Waals surface area (Å²) in [5, 5.41) is 9.68. The number of halogens is 1. The van der Waals surface area contributed by atoms with Crippen LogP contribution in [0, 0.1) is 11.7 Å². The Labute approximate surface area is 228 Å². The summed E-state index contributed by atoms with van der Waals surface area (Å²) in [6.07, 6.45) is 5.46. The summed E-state index contributed by atoms with van der Waals surface area (Å²) in [5.74, 6) is 0.838. The number of aromatic nitrogens is 3. The summed E-state index contributed by atoms with van der Waals surface area (Å²) in [6.45, 7) is 2.56. The summed E-state index contributed by atoms with van der Waals surface area (Å²) in [5.41, 5.74) is 2.56. The van der Waals surface area contributed by atoms with E-state index in [1.165, 1.54) is 17.8 Å². The zero-order chi connectivity index (χ0) is 27.2. The van der Waals surface area contributed by atoms with Gasteiger partial charge in [0.2, 0.25) is 16.0 Å². The van der Waals surface area contributed by atoms with Gasteiger partial charge in [0.25, 0.3) is 0 Å². The molecule has 0 radical (unpaired) electrons. The monoisotopic (exact) mass is 549 g/mol. The molecule has 5 rings (SSSR count). The number of anilines is 4. The Morgan fingerprint density at radius 3 is 2.49 bits per heavy atom. The lowest BCUT2D eigenvalue weighted by molar-refractivity contribution is 0.259. The SMILES string of the molecule is Cn1cccc1CNCC1CCCN(S(=O)(=O)c2ccc(Nc3nccc(Nc4ccc(F)cc4)n3)cc2)C1. The molecule has 204 valence electrons. The summed E-state index contributed by atoms with van der Waals surface area (Å²) in [4.78, 5) is 8.92. The van der Waals surface area contributed by atoms with Crippen molar-refractivity contribution in [3.63, 3.8) is 0 Å². The second-order valence-corrected chi connectivity index (χ2v) is 11.6. The standard InChI is InChI=1S/C28H32FN7O2S/c1-35-16-3-5-25(35)19-30-18-21-4-2-17-36(20-21)39(37,38)26-12-10-24(11-13-26)33-28-31-15-14-27(34-28)32-23-8-6-22(29)7-9-23/h3,5-16,21,30H,2,4,17-20H2,1H3,(H2,31,32,33,34). The first-order chi connectivity index (χ1) is 18.9. The highest BCUT2D eigenvalue weighted by atomic mass is 32.2. The van der Waals surface area contributed by atoms with Crippen LogP contribution >= 0.6 is 0 Å². The lowest BCUT2D eigenvalue weighted by atomic mass is 10.00. The van der Waals surface area contributed by atoms with Gasteiger partial charge < -0.3 is 20.5 Å². The number of rotatable bonds is 10. The number of piperidine rings is 1. The van der Waals surface area contributed by atoms with E-state index >= 15 is 0 Å². The molecule has 2 aromatic carbocycles. The van der Waals surface area contributed by atoms with Gasteiger partial charge in [0.1, 0.15) is 11.6 Å².